The van der Waals surface area contributed by atoms with E-state index in [1.807, 2.05) is 6.92 Å². The Balaban J connectivity index is 1.54. The standard InChI is InChI=1S/C20H22FN5O/c1-13(23-20(27)14-7-3-2-4-8-14)19-24-18-11-17(22-12-26(18)25-19)15-9-5-6-10-16(15)21/h5-6,9-14H,2-4,7-8H2,1H3,(H,23,27)/t13-/m0/s1. The highest BCUT2D eigenvalue weighted by Gasteiger charge is 2.24. The van der Waals surface area contributed by atoms with E-state index in [-0.39, 0.29) is 23.7 Å². The summed E-state index contributed by atoms with van der Waals surface area (Å²) in [5.41, 5.74) is 1.48. The highest BCUT2D eigenvalue weighted by molar-refractivity contribution is 5.79. The molecule has 4 rings (SSSR count). The lowest BCUT2D eigenvalue weighted by Gasteiger charge is -2.22. The molecule has 1 saturated carbocycles. The molecule has 6 nitrogen and oxygen atoms in total. The van der Waals surface area contributed by atoms with Gasteiger partial charge in [-0.25, -0.2) is 18.9 Å². The number of halogens is 1. The molecule has 0 saturated heterocycles. The maximum Gasteiger partial charge on any atom is 0.223 e. The highest BCUT2D eigenvalue weighted by Crippen LogP contribution is 2.25. The zero-order valence-electron chi connectivity index (χ0n) is 15.2. The van der Waals surface area contributed by atoms with Crippen LogP contribution in [-0.2, 0) is 4.79 Å². The van der Waals surface area contributed by atoms with Crippen LogP contribution in [0.25, 0.3) is 16.9 Å². The summed E-state index contributed by atoms with van der Waals surface area (Å²) in [6, 6.07) is 7.89. The summed E-state index contributed by atoms with van der Waals surface area (Å²) in [5, 5.41) is 7.43. The van der Waals surface area contributed by atoms with Crippen molar-refractivity contribution in [3.63, 3.8) is 0 Å². The van der Waals surface area contributed by atoms with Crippen LogP contribution in [0.15, 0.2) is 36.7 Å². The SMILES string of the molecule is C[C@H](NC(=O)C1CCCCC1)c1nc2cc(-c3ccccc3F)ncn2n1. The average Bonchev–Trinajstić information content (AvgIpc) is 3.12. The quantitative estimate of drug-likeness (QED) is 0.763. The number of benzene rings is 1. The Morgan fingerprint density at radius 3 is 2.81 bits per heavy atom. The molecule has 1 amide bonds. The fourth-order valence-corrected chi connectivity index (χ4v) is 3.57. The van der Waals surface area contributed by atoms with Gasteiger partial charge in [-0.15, -0.1) is 5.10 Å². The van der Waals surface area contributed by atoms with Crippen molar-refractivity contribution in [2.45, 2.75) is 45.1 Å². The van der Waals surface area contributed by atoms with E-state index in [2.05, 4.69) is 20.4 Å². The second kappa shape index (κ2) is 7.42. The van der Waals surface area contributed by atoms with E-state index in [9.17, 15) is 9.18 Å². The summed E-state index contributed by atoms with van der Waals surface area (Å²) in [5.74, 6) is 0.354. The first kappa shape index (κ1) is 17.6. The van der Waals surface area contributed by atoms with E-state index < -0.39 is 0 Å². The van der Waals surface area contributed by atoms with Crippen molar-refractivity contribution < 1.29 is 9.18 Å². The van der Waals surface area contributed by atoms with E-state index >= 15 is 0 Å². The van der Waals surface area contributed by atoms with Crippen LogP contribution in [0.5, 0.6) is 0 Å². The van der Waals surface area contributed by atoms with Crippen molar-refractivity contribution in [3.8, 4) is 11.3 Å². The third-order valence-corrected chi connectivity index (χ3v) is 5.12. The first-order chi connectivity index (χ1) is 13.1. The molecule has 140 valence electrons. The van der Waals surface area contributed by atoms with Crippen molar-refractivity contribution in [2.75, 3.05) is 0 Å². The Labute approximate surface area is 156 Å². The first-order valence-electron chi connectivity index (χ1n) is 9.39. The molecule has 0 aliphatic heterocycles. The van der Waals surface area contributed by atoms with E-state index in [1.165, 1.54) is 18.8 Å². The van der Waals surface area contributed by atoms with Crippen LogP contribution in [0.1, 0.15) is 50.9 Å². The summed E-state index contributed by atoms with van der Waals surface area (Å²) in [6.45, 7) is 1.88. The van der Waals surface area contributed by atoms with E-state index in [0.29, 0.717) is 22.7 Å². The Hall–Kier alpha value is -2.83. The summed E-state index contributed by atoms with van der Waals surface area (Å²) < 4.78 is 15.5. The maximum atomic E-state index is 14.0. The normalized spacial score (nSPS) is 16.4. The number of amides is 1. The van der Waals surface area contributed by atoms with Gasteiger partial charge in [0.1, 0.15) is 12.1 Å². The predicted octanol–water partition coefficient (Wildman–Crippen LogP) is 3.69. The van der Waals surface area contributed by atoms with Gasteiger partial charge in [-0.3, -0.25) is 4.79 Å². The molecule has 27 heavy (non-hydrogen) atoms. The topological polar surface area (TPSA) is 72.2 Å². The van der Waals surface area contributed by atoms with Crippen LogP contribution >= 0.6 is 0 Å². The molecule has 1 aliphatic rings. The molecule has 0 spiro atoms. The summed E-state index contributed by atoms with van der Waals surface area (Å²) in [4.78, 5) is 21.2. The number of aromatic nitrogens is 4. The second-order valence-corrected chi connectivity index (χ2v) is 7.09. The van der Waals surface area contributed by atoms with Gasteiger partial charge in [0, 0.05) is 17.5 Å². The molecule has 0 bridgehead atoms. The number of nitrogens with one attached hydrogen (secondary N) is 1. The van der Waals surface area contributed by atoms with Crippen LogP contribution < -0.4 is 5.32 Å². The molecular weight excluding hydrogens is 345 g/mol. The summed E-state index contributed by atoms with van der Waals surface area (Å²) in [6.07, 6.45) is 6.86. The first-order valence-corrected chi connectivity index (χ1v) is 9.39. The molecule has 3 aromatic rings. The molecule has 7 heteroatoms. The minimum Gasteiger partial charge on any atom is -0.346 e. The van der Waals surface area contributed by atoms with Gasteiger partial charge in [0.25, 0.3) is 0 Å². The van der Waals surface area contributed by atoms with Crippen LogP contribution in [-0.4, -0.2) is 25.5 Å². The predicted molar refractivity (Wildman–Crippen MR) is 99.3 cm³/mol. The molecule has 1 fully saturated rings. The van der Waals surface area contributed by atoms with E-state index in [4.69, 9.17) is 0 Å². The zero-order valence-corrected chi connectivity index (χ0v) is 15.2. The number of nitrogens with zero attached hydrogens (tertiary/aromatic N) is 4. The van der Waals surface area contributed by atoms with Crippen molar-refractivity contribution in [2.24, 2.45) is 5.92 Å². The number of fused-ring (bicyclic) bond motifs is 1. The van der Waals surface area contributed by atoms with Gasteiger partial charge < -0.3 is 5.32 Å². The van der Waals surface area contributed by atoms with Crippen LogP contribution in [0.4, 0.5) is 4.39 Å². The Morgan fingerprint density at radius 2 is 2.04 bits per heavy atom. The Bertz CT molecular complexity index is 964. The summed E-state index contributed by atoms with van der Waals surface area (Å²) in [7, 11) is 0. The van der Waals surface area contributed by atoms with E-state index in [0.717, 1.165) is 25.7 Å². The number of carbonyl (C=O) groups is 1. The molecule has 1 aliphatic carbocycles. The number of hydrogen-bond donors (Lipinski definition) is 1. The average molecular weight is 367 g/mol. The largest absolute Gasteiger partial charge is 0.346 e. The smallest absolute Gasteiger partial charge is 0.223 e. The maximum absolute atomic E-state index is 14.0. The Morgan fingerprint density at radius 1 is 1.26 bits per heavy atom. The minimum atomic E-state index is -0.331. The van der Waals surface area contributed by atoms with Crippen LogP contribution in [0, 0.1) is 11.7 Å². The molecule has 2 aromatic heterocycles. The van der Waals surface area contributed by atoms with Crippen LogP contribution in [0.2, 0.25) is 0 Å². The third-order valence-electron chi connectivity index (χ3n) is 5.12. The fraction of sp³-hybridized carbons (Fsp3) is 0.400. The van der Waals surface area contributed by atoms with Gasteiger partial charge in [-0.05, 0) is 31.9 Å². The van der Waals surface area contributed by atoms with Crippen molar-refractivity contribution in [1.29, 1.82) is 0 Å². The zero-order chi connectivity index (χ0) is 18.8. The van der Waals surface area contributed by atoms with Gasteiger partial charge in [0.15, 0.2) is 11.5 Å². The number of rotatable bonds is 4. The molecule has 1 atom stereocenters. The molecule has 0 unspecified atom stereocenters. The monoisotopic (exact) mass is 367 g/mol. The van der Waals surface area contributed by atoms with Gasteiger partial charge >= 0.3 is 0 Å². The molecule has 0 radical (unpaired) electrons. The van der Waals surface area contributed by atoms with Gasteiger partial charge in [0.05, 0.1) is 11.7 Å². The van der Waals surface area contributed by atoms with Crippen molar-refractivity contribution >= 4 is 11.6 Å². The summed E-state index contributed by atoms with van der Waals surface area (Å²) >= 11 is 0. The Kier molecular flexibility index (Phi) is 4.83. The molecular formula is C20H22FN5O. The van der Waals surface area contributed by atoms with E-state index in [1.54, 1.807) is 28.8 Å². The molecule has 1 aromatic carbocycles. The molecule has 2 heterocycles. The van der Waals surface area contributed by atoms with Crippen LogP contribution in [0.3, 0.4) is 0 Å². The van der Waals surface area contributed by atoms with Crippen molar-refractivity contribution in [3.05, 3.63) is 48.3 Å². The van der Waals surface area contributed by atoms with Crippen molar-refractivity contribution in [1.82, 2.24) is 24.9 Å². The van der Waals surface area contributed by atoms with Gasteiger partial charge in [0.2, 0.25) is 5.91 Å². The number of hydrogen-bond acceptors (Lipinski definition) is 4. The highest BCUT2D eigenvalue weighted by atomic mass is 19.1. The molecule has 1 N–H and O–H groups in total. The van der Waals surface area contributed by atoms with Gasteiger partial charge in [-0.2, -0.15) is 0 Å². The third kappa shape index (κ3) is 3.67. The second-order valence-electron chi connectivity index (χ2n) is 7.09. The minimum absolute atomic E-state index is 0.0752. The lowest BCUT2D eigenvalue weighted by Crippen LogP contribution is -2.34. The lowest BCUT2D eigenvalue weighted by atomic mass is 9.88. The number of carbonyl (C=O) groups excluding carboxylic acids is 1. The van der Waals surface area contributed by atoms with Gasteiger partial charge in [-0.1, -0.05) is 31.4 Å². The fourth-order valence-electron chi connectivity index (χ4n) is 3.57. The lowest BCUT2D eigenvalue weighted by molar-refractivity contribution is -0.126.